The summed E-state index contributed by atoms with van der Waals surface area (Å²) in [6.45, 7) is 9.52. The Kier molecular flexibility index (Phi) is 3.79. The number of hydrogen-bond donors (Lipinski definition) is 0. The summed E-state index contributed by atoms with van der Waals surface area (Å²) in [6.07, 6.45) is 5.52. The molecule has 0 saturated carbocycles. The Morgan fingerprint density at radius 3 is 2.74 bits per heavy atom. The molecule has 1 atom stereocenters. The third-order valence-electron chi connectivity index (χ3n) is 4.76. The molecular formula is C17H26N2. The molecule has 3 rings (SSSR count). The standard InChI is InChI=1S/C17H26N2/c1-14-7-8-15(2)17(12-14)19-11-5-10-18-9-4-3-6-16(18)13-19/h7-8,12,16H,3-6,9-11,13H2,1-2H3. The molecule has 2 saturated heterocycles. The van der Waals surface area contributed by atoms with E-state index in [0.29, 0.717) is 0 Å². The lowest BCUT2D eigenvalue weighted by Crippen LogP contribution is -2.44. The van der Waals surface area contributed by atoms with E-state index in [9.17, 15) is 0 Å². The zero-order chi connectivity index (χ0) is 13.2. The van der Waals surface area contributed by atoms with Gasteiger partial charge in [-0.25, -0.2) is 0 Å². The van der Waals surface area contributed by atoms with Crippen LogP contribution in [0.4, 0.5) is 5.69 Å². The summed E-state index contributed by atoms with van der Waals surface area (Å²) in [5.41, 5.74) is 4.27. The number of anilines is 1. The summed E-state index contributed by atoms with van der Waals surface area (Å²) in [5, 5.41) is 0. The van der Waals surface area contributed by atoms with Gasteiger partial charge in [0.15, 0.2) is 0 Å². The molecule has 0 spiro atoms. The van der Waals surface area contributed by atoms with Gasteiger partial charge >= 0.3 is 0 Å². The minimum absolute atomic E-state index is 0.788. The quantitative estimate of drug-likeness (QED) is 0.762. The van der Waals surface area contributed by atoms with Gasteiger partial charge in [-0.1, -0.05) is 18.6 Å². The van der Waals surface area contributed by atoms with Gasteiger partial charge in [-0.3, -0.25) is 4.90 Å². The van der Waals surface area contributed by atoms with Crippen LogP contribution in [0.25, 0.3) is 0 Å². The van der Waals surface area contributed by atoms with Crippen LogP contribution >= 0.6 is 0 Å². The fourth-order valence-corrected chi connectivity index (χ4v) is 3.65. The van der Waals surface area contributed by atoms with Crippen LogP contribution in [0.1, 0.15) is 36.8 Å². The van der Waals surface area contributed by atoms with Gasteiger partial charge in [-0.15, -0.1) is 0 Å². The first kappa shape index (κ1) is 13.0. The molecule has 1 unspecified atom stereocenters. The van der Waals surface area contributed by atoms with Crippen molar-refractivity contribution in [2.45, 2.75) is 45.6 Å². The highest BCUT2D eigenvalue weighted by molar-refractivity contribution is 5.55. The SMILES string of the molecule is Cc1ccc(C)c(N2CCCN3CCCCC3C2)c1. The first-order valence-electron chi connectivity index (χ1n) is 7.80. The molecule has 0 N–H and O–H groups in total. The van der Waals surface area contributed by atoms with Crippen LogP contribution in [0, 0.1) is 13.8 Å². The Morgan fingerprint density at radius 1 is 1.00 bits per heavy atom. The average Bonchev–Trinajstić information content (AvgIpc) is 2.63. The van der Waals surface area contributed by atoms with Crippen molar-refractivity contribution in [3.8, 4) is 0 Å². The third-order valence-corrected chi connectivity index (χ3v) is 4.76. The van der Waals surface area contributed by atoms with Crippen molar-refractivity contribution in [1.82, 2.24) is 4.90 Å². The number of rotatable bonds is 1. The third kappa shape index (κ3) is 2.79. The van der Waals surface area contributed by atoms with E-state index in [0.717, 1.165) is 6.04 Å². The minimum atomic E-state index is 0.788. The van der Waals surface area contributed by atoms with Gasteiger partial charge in [0, 0.05) is 31.4 Å². The number of fused-ring (bicyclic) bond motifs is 1. The molecule has 0 radical (unpaired) electrons. The molecule has 2 heterocycles. The van der Waals surface area contributed by atoms with Gasteiger partial charge < -0.3 is 4.90 Å². The number of nitrogens with zero attached hydrogens (tertiary/aromatic N) is 2. The van der Waals surface area contributed by atoms with Crippen LogP contribution in [0.5, 0.6) is 0 Å². The maximum Gasteiger partial charge on any atom is 0.0399 e. The Morgan fingerprint density at radius 2 is 1.84 bits per heavy atom. The molecular weight excluding hydrogens is 232 g/mol. The van der Waals surface area contributed by atoms with Crippen LogP contribution < -0.4 is 4.90 Å². The van der Waals surface area contributed by atoms with E-state index in [1.54, 1.807) is 0 Å². The second kappa shape index (κ2) is 5.54. The van der Waals surface area contributed by atoms with Gasteiger partial charge in [0.05, 0.1) is 0 Å². The molecule has 19 heavy (non-hydrogen) atoms. The highest BCUT2D eigenvalue weighted by Crippen LogP contribution is 2.27. The van der Waals surface area contributed by atoms with E-state index < -0.39 is 0 Å². The number of aryl methyl sites for hydroxylation is 2. The van der Waals surface area contributed by atoms with Crippen molar-refractivity contribution >= 4 is 5.69 Å². The van der Waals surface area contributed by atoms with Crippen molar-refractivity contribution < 1.29 is 0 Å². The number of piperidine rings is 1. The molecule has 1 aromatic rings. The first-order chi connectivity index (χ1) is 9.24. The fourth-order valence-electron chi connectivity index (χ4n) is 3.65. The molecule has 0 amide bonds. The minimum Gasteiger partial charge on any atom is -0.370 e. The topological polar surface area (TPSA) is 6.48 Å². The molecule has 2 nitrogen and oxygen atoms in total. The predicted octanol–water partition coefficient (Wildman–Crippen LogP) is 3.37. The lowest BCUT2D eigenvalue weighted by molar-refractivity contribution is 0.162. The summed E-state index contributed by atoms with van der Waals surface area (Å²) in [6, 6.07) is 7.65. The van der Waals surface area contributed by atoms with E-state index in [1.165, 1.54) is 68.7 Å². The molecule has 2 aliphatic rings. The maximum absolute atomic E-state index is 2.73. The van der Waals surface area contributed by atoms with E-state index in [4.69, 9.17) is 0 Å². The molecule has 0 aliphatic carbocycles. The molecule has 0 aromatic heterocycles. The van der Waals surface area contributed by atoms with E-state index in [1.807, 2.05) is 0 Å². The van der Waals surface area contributed by atoms with Crippen molar-refractivity contribution in [3.63, 3.8) is 0 Å². The lowest BCUT2D eigenvalue weighted by atomic mass is 10.0. The molecule has 2 fully saturated rings. The largest absolute Gasteiger partial charge is 0.370 e. The van der Waals surface area contributed by atoms with Gasteiger partial charge in [-0.05, 0) is 56.8 Å². The molecule has 104 valence electrons. The summed E-state index contributed by atoms with van der Waals surface area (Å²) in [7, 11) is 0. The Labute approximate surface area is 117 Å². The monoisotopic (exact) mass is 258 g/mol. The second-order valence-electron chi connectivity index (χ2n) is 6.28. The summed E-state index contributed by atoms with van der Waals surface area (Å²) < 4.78 is 0. The zero-order valence-corrected chi connectivity index (χ0v) is 12.4. The van der Waals surface area contributed by atoms with Crippen molar-refractivity contribution in [3.05, 3.63) is 29.3 Å². The van der Waals surface area contributed by atoms with Crippen LogP contribution in [0.15, 0.2) is 18.2 Å². The van der Waals surface area contributed by atoms with Crippen molar-refractivity contribution in [2.75, 3.05) is 31.1 Å². The van der Waals surface area contributed by atoms with E-state index in [-0.39, 0.29) is 0 Å². The Balaban J connectivity index is 1.82. The zero-order valence-electron chi connectivity index (χ0n) is 12.4. The smallest absolute Gasteiger partial charge is 0.0399 e. The van der Waals surface area contributed by atoms with Gasteiger partial charge in [-0.2, -0.15) is 0 Å². The molecule has 0 bridgehead atoms. The summed E-state index contributed by atoms with van der Waals surface area (Å²) in [5.74, 6) is 0. The first-order valence-corrected chi connectivity index (χ1v) is 7.80. The van der Waals surface area contributed by atoms with Crippen molar-refractivity contribution in [2.24, 2.45) is 0 Å². The molecule has 2 aliphatic heterocycles. The van der Waals surface area contributed by atoms with Crippen LogP contribution in [0.3, 0.4) is 0 Å². The Hall–Kier alpha value is -1.02. The fraction of sp³-hybridized carbons (Fsp3) is 0.647. The van der Waals surface area contributed by atoms with Crippen molar-refractivity contribution in [1.29, 1.82) is 0 Å². The number of benzene rings is 1. The molecule has 2 heteroatoms. The summed E-state index contributed by atoms with van der Waals surface area (Å²) >= 11 is 0. The summed E-state index contributed by atoms with van der Waals surface area (Å²) in [4.78, 5) is 5.37. The maximum atomic E-state index is 2.73. The second-order valence-corrected chi connectivity index (χ2v) is 6.28. The lowest BCUT2D eigenvalue weighted by Gasteiger charge is -2.36. The highest BCUT2D eigenvalue weighted by atomic mass is 15.2. The van der Waals surface area contributed by atoms with Crippen LogP contribution in [0.2, 0.25) is 0 Å². The molecule has 1 aromatic carbocycles. The van der Waals surface area contributed by atoms with Gasteiger partial charge in [0.1, 0.15) is 0 Å². The van der Waals surface area contributed by atoms with Gasteiger partial charge in [0.25, 0.3) is 0 Å². The van der Waals surface area contributed by atoms with E-state index >= 15 is 0 Å². The number of hydrogen-bond acceptors (Lipinski definition) is 2. The Bertz CT molecular complexity index is 441. The normalized spacial score (nSPS) is 24.9. The highest BCUT2D eigenvalue weighted by Gasteiger charge is 2.27. The van der Waals surface area contributed by atoms with Gasteiger partial charge in [0.2, 0.25) is 0 Å². The van der Waals surface area contributed by atoms with E-state index in [2.05, 4.69) is 41.8 Å². The van der Waals surface area contributed by atoms with Crippen LogP contribution in [-0.2, 0) is 0 Å². The van der Waals surface area contributed by atoms with Crippen LogP contribution in [-0.4, -0.2) is 37.1 Å². The predicted molar refractivity (Wildman–Crippen MR) is 82.0 cm³/mol. The average molecular weight is 258 g/mol.